The van der Waals surface area contributed by atoms with Gasteiger partial charge in [-0.15, -0.1) is 0 Å². The summed E-state index contributed by atoms with van der Waals surface area (Å²) in [6.07, 6.45) is 4.35. The van der Waals surface area contributed by atoms with Crippen LogP contribution in [0.25, 0.3) is 32.9 Å². The highest BCUT2D eigenvalue weighted by Crippen LogP contribution is 2.35. The minimum absolute atomic E-state index is 0.869. The maximum atomic E-state index is 2.34. The minimum Gasteiger partial charge on any atom is -0.291 e. The molecular weight excluding hydrogens is 244 g/mol. The van der Waals surface area contributed by atoms with Crippen molar-refractivity contribution in [3.63, 3.8) is 0 Å². The number of benzene rings is 2. The molecule has 1 aliphatic heterocycles. The van der Waals surface area contributed by atoms with Crippen LogP contribution in [0.1, 0.15) is 0 Å². The fraction of sp³-hybridized carbons (Fsp3) is 0.0556. The van der Waals surface area contributed by atoms with Crippen LogP contribution in [0.3, 0.4) is 0 Å². The molecule has 3 heterocycles. The molecule has 0 unspecified atom stereocenters. The molecule has 2 aromatic heterocycles. The van der Waals surface area contributed by atoms with Crippen LogP contribution in [0.4, 0.5) is 0 Å². The van der Waals surface area contributed by atoms with Gasteiger partial charge in [0.1, 0.15) is 0 Å². The molecule has 0 saturated carbocycles. The molecule has 0 amide bonds. The Balaban J connectivity index is 2.12. The zero-order chi connectivity index (χ0) is 13.1. The molecule has 20 heavy (non-hydrogen) atoms. The summed E-state index contributed by atoms with van der Waals surface area (Å²) in [5, 5.41) is 4.00. The normalized spacial score (nSPS) is 12.8. The largest absolute Gasteiger partial charge is 0.291 e. The maximum absolute atomic E-state index is 2.34. The summed E-state index contributed by atoms with van der Waals surface area (Å²) in [5.74, 6) is 0. The van der Waals surface area contributed by atoms with Gasteiger partial charge < -0.3 is 0 Å². The quantitative estimate of drug-likeness (QED) is 0.375. The lowest BCUT2D eigenvalue weighted by Crippen LogP contribution is -2.38. The monoisotopic (exact) mass is 257 g/mol. The Morgan fingerprint density at radius 3 is 2.80 bits per heavy atom. The fourth-order valence-electron chi connectivity index (χ4n) is 3.40. The first-order chi connectivity index (χ1) is 9.92. The molecule has 0 aliphatic carbocycles. The number of fused-ring (bicyclic) bond motifs is 2. The molecule has 1 aliphatic rings. The first-order valence-corrected chi connectivity index (χ1v) is 6.91. The summed E-state index contributed by atoms with van der Waals surface area (Å²) < 4.78 is 4.66. The average molecular weight is 257 g/mol. The molecule has 0 N–H and O–H groups in total. The number of hydrogen-bond acceptors (Lipinski definition) is 0. The third-order valence-electron chi connectivity index (χ3n) is 4.29. The summed E-state index contributed by atoms with van der Waals surface area (Å²) in [6.45, 7) is 0.869. The molecular formula is C18H13N2+. The summed E-state index contributed by atoms with van der Waals surface area (Å²) in [7, 11) is 0. The Hall–Kier alpha value is -2.61. The smallest absolute Gasteiger partial charge is 0.228 e. The van der Waals surface area contributed by atoms with Gasteiger partial charge in [0.05, 0.1) is 11.1 Å². The molecule has 0 fully saturated rings. The molecule has 94 valence electrons. The Bertz CT molecular complexity index is 979. The molecule has 2 aromatic carbocycles. The van der Waals surface area contributed by atoms with Crippen molar-refractivity contribution in [3.05, 3.63) is 67.0 Å². The van der Waals surface area contributed by atoms with Gasteiger partial charge in [-0.3, -0.25) is 4.57 Å². The third kappa shape index (κ3) is 1.16. The van der Waals surface area contributed by atoms with Crippen LogP contribution >= 0.6 is 0 Å². The first-order valence-electron chi connectivity index (χ1n) is 6.91. The fourth-order valence-corrected chi connectivity index (χ4v) is 3.40. The van der Waals surface area contributed by atoms with Crippen molar-refractivity contribution in [2.45, 2.75) is 6.67 Å². The molecule has 2 nitrogen and oxygen atoms in total. The predicted molar refractivity (Wildman–Crippen MR) is 80.5 cm³/mol. The van der Waals surface area contributed by atoms with Crippen LogP contribution in [0.2, 0.25) is 0 Å². The van der Waals surface area contributed by atoms with E-state index in [-0.39, 0.29) is 0 Å². The molecule has 5 rings (SSSR count). The second-order valence-corrected chi connectivity index (χ2v) is 5.39. The lowest BCUT2D eigenvalue weighted by molar-refractivity contribution is -0.690. The highest BCUT2D eigenvalue weighted by molar-refractivity contribution is 6.12. The zero-order valence-corrected chi connectivity index (χ0v) is 11.0. The molecule has 0 radical (unpaired) electrons. The predicted octanol–water partition coefficient (Wildman–Crippen LogP) is 3.57. The van der Waals surface area contributed by atoms with Crippen LogP contribution < -0.4 is 4.57 Å². The van der Waals surface area contributed by atoms with Crippen molar-refractivity contribution >= 4 is 21.7 Å². The second-order valence-electron chi connectivity index (χ2n) is 5.39. The van der Waals surface area contributed by atoms with E-state index < -0.39 is 0 Å². The molecule has 0 bridgehead atoms. The van der Waals surface area contributed by atoms with Gasteiger partial charge in [-0.05, 0) is 23.6 Å². The SMILES string of the molecule is c1cc[n+]2c(c1)-c1cccc3ccc4ccn(c4c13)C2. The topological polar surface area (TPSA) is 8.81 Å². The Kier molecular flexibility index (Phi) is 1.78. The molecule has 0 saturated heterocycles. The van der Waals surface area contributed by atoms with E-state index in [1.807, 2.05) is 0 Å². The maximum Gasteiger partial charge on any atom is 0.228 e. The number of nitrogens with zero attached hydrogens (tertiary/aromatic N) is 2. The van der Waals surface area contributed by atoms with Gasteiger partial charge in [0.2, 0.25) is 12.4 Å². The number of rotatable bonds is 0. The number of pyridine rings is 1. The Morgan fingerprint density at radius 1 is 0.850 bits per heavy atom. The van der Waals surface area contributed by atoms with E-state index in [0.717, 1.165) is 6.67 Å². The van der Waals surface area contributed by atoms with E-state index >= 15 is 0 Å². The van der Waals surface area contributed by atoms with Crippen molar-refractivity contribution in [3.8, 4) is 11.3 Å². The second kappa shape index (κ2) is 3.48. The highest BCUT2D eigenvalue weighted by atomic mass is 15.2. The van der Waals surface area contributed by atoms with E-state index in [2.05, 4.69) is 76.1 Å². The van der Waals surface area contributed by atoms with Gasteiger partial charge in [-0.2, -0.15) is 4.57 Å². The van der Waals surface area contributed by atoms with E-state index in [9.17, 15) is 0 Å². The van der Waals surface area contributed by atoms with Gasteiger partial charge in [-0.1, -0.05) is 24.3 Å². The van der Waals surface area contributed by atoms with Gasteiger partial charge in [0.25, 0.3) is 0 Å². The molecule has 4 aromatic rings. The van der Waals surface area contributed by atoms with Gasteiger partial charge in [0.15, 0.2) is 6.20 Å². The summed E-state index contributed by atoms with van der Waals surface area (Å²) in [4.78, 5) is 0. The van der Waals surface area contributed by atoms with E-state index in [1.54, 1.807) is 0 Å². The van der Waals surface area contributed by atoms with Crippen molar-refractivity contribution in [1.82, 2.24) is 4.57 Å². The minimum atomic E-state index is 0.869. The standard InChI is InChI=1S/C18H13N2/c1-2-10-19-12-20-11-9-14-8-7-13-4-3-5-15(16(19)6-1)17(13)18(14)20/h1-11H,12H2/q+1. The summed E-state index contributed by atoms with van der Waals surface area (Å²) in [6, 6.07) is 19.7. The summed E-state index contributed by atoms with van der Waals surface area (Å²) >= 11 is 0. The Morgan fingerprint density at radius 2 is 1.80 bits per heavy atom. The van der Waals surface area contributed by atoms with E-state index in [0.29, 0.717) is 0 Å². The lowest BCUT2D eigenvalue weighted by atomic mass is 9.99. The highest BCUT2D eigenvalue weighted by Gasteiger charge is 2.22. The van der Waals surface area contributed by atoms with Crippen LogP contribution in [-0.4, -0.2) is 4.57 Å². The number of aromatic nitrogens is 2. The van der Waals surface area contributed by atoms with Crippen molar-refractivity contribution in [2.75, 3.05) is 0 Å². The first kappa shape index (κ1) is 10.2. The van der Waals surface area contributed by atoms with Gasteiger partial charge in [0, 0.05) is 29.1 Å². The zero-order valence-electron chi connectivity index (χ0n) is 11.0. The molecule has 0 atom stereocenters. The van der Waals surface area contributed by atoms with Crippen molar-refractivity contribution < 1.29 is 4.57 Å². The van der Waals surface area contributed by atoms with Gasteiger partial charge in [-0.25, -0.2) is 0 Å². The van der Waals surface area contributed by atoms with Crippen LogP contribution in [0.5, 0.6) is 0 Å². The van der Waals surface area contributed by atoms with E-state index in [1.165, 1.54) is 32.9 Å². The van der Waals surface area contributed by atoms with Crippen molar-refractivity contribution in [2.24, 2.45) is 0 Å². The lowest BCUT2D eigenvalue weighted by Gasteiger charge is -2.04. The molecule has 2 heteroatoms. The molecule has 0 spiro atoms. The average Bonchev–Trinajstić information content (AvgIpc) is 2.84. The summed E-state index contributed by atoms with van der Waals surface area (Å²) in [5.41, 5.74) is 3.96. The van der Waals surface area contributed by atoms with Gasteiger partial charge >= 0.3 is 0 Å². The van der Waals surface area contributed by atoms with Crippen molar-refractivity contribution in [1.29, 1.82) is 0 Å². The van der Waals surface area contributed by atoms with Crippen LogP contribution in [0.15, 0.2) is 67.0 Å². The van der Waals surface area contributed by atoms with Crippen LogP contribution in [-0.2, 0) is 6.67 Å². The Labute approximate surface area is 116 Å². The van der Waals surface area contributed by atoms with Crippen LogP contribution in [0, 0.1) is 0 Å². The van der Waals surface area contributed by atoms with E-state index in [4.69, 9.17) is 0 Å². The third-order valence-corrected chi connectivity index (χ3v) is 4.29. The number of hydrogen-bond donors (Lipinski definition) is 0.